The van der Waals surface area contributed by atoms with Gasteiger partial charge in [0.1, 0.15) is 78.3 Å². The van der Waals surface area contributed by atoms with Crippen molar-refractivity contribution in [1.29, 1.82) is 0 Å². The van der Waals surface area contributed by atoms with Crippen molar-refractivity contribution in [2.24, 2.45) is 0 Å². The number of ketones is 1. The number of rotatable bonds is 16. The van der Waals surface area contributed by atoms with Gasteiger partial charge in [-0.15, -0.1) is 0 Å². The summed E-state index contributed by atoms with van der Waals surface area (Å²) >= 11 is 0. The molecular weight excluding hydrogens is 1490 g/mol. The van der Waals surface area contributed by atoms with E-state index in [0.29, 0.717) is 104 Å². The average molecular weight is 1610 g/mol. The third-order valence-electron chi connectivity index (χ3n) is 22.8. The van der Waals surface area contributed by atoms with Crippen LogP contribution in [0.3, 0.4) is 0 Å². The molecule has 2 fully saturated rings. The number of carbonyl (C=O) groups is 12. The Kier molecular flexibility index (Phi) is 32.6. The fourth-order valence-electron chi connectivity index (χ4n) is 16.0. The number of halogens is 1. The lowest BCUT2D eigenvalue weighted by Gasteiger charge is -2.37. The van der Waals surface area contributed by atoms with Gasteiger partial charge >= 0.3 is 0 Å². The summed E-state index contributed by atoms with van der Waals surface area (Å²) in [4.78, 5) is 183. The number of fused-ring (bicyclic) bond motifs is 16. The molecule has 11 rings (SSSR count). The van der Waals surface area contributed by atoms with Gasteiger partial charge in [-0.05, 0) is 149 Å². The van der Waals surface area contributed by atoms with E-state index in [-0.39, 0.29) is 116 Å². The molecule has 30 heteroatoms. The summed E-state index contributed by atoms with van der Waals surface area (Å²) in [6.07, 6.45) is 2.80. The molecule has 0 radical (unpaired) electrons. The summed E-state index contributed by atoms with van der Waals surface area (Å²) in [5.41, 5.74) is 2.80. The van der Waals surface area contributed by atoms with E-state index in [4.69, 9.17) is 14.2 Å². The van der Waals surface area contributed by atoms with Crippen LogP contribution < -0.4 is 47.3 Å². The molecule has 10 atom stereocenters. The maximum absolute atomic E-state index is 16.3. The number of aromatic nitrogens is 1. The van der Waals surface area contributed by atoms with Crippen LogP contribution in [0.25, 0.3) is 10.9 Å². The highest BCUT2D eigenvalue weighted by Crippen LogP contribution is 2.33. The summed E-state index contributed by atoms with van der Waals surface area (Å²) in [6.45, 7) is 6.80. The summed E-state index contributed by atoms with van der Waals surface area (Å²) in [6, 6.07) is 14.3. The average Bonchev–Trinajstić information content (AvgIpc) is 1.62. The Bertz CT molecular complexity index is 4290. The third-order valence-corrected chi connectivity index (χ3v) is 22.8. The predicted octanol–water partition coefficient (Wildman–Crippen LogP) is 4.26. The lowest BCUT2D eigenvalue weighted by Crippen LogP contribution is -2.64. The number of unbranched alkanes of at least 4 members (excludes halogenated alkanes) is 2. The minimum Gasteiger partial charge on any atom is -0.497 e. The van der Waals surface area contributed by atoms with Crippen molar-refractivity contribution in [2.45, 2.75) is 222 Å². The maximum Gasteiger partial charge on any atom is 0.246 e. The fourth-order valence-corrected chi connectivity index (χ4v) is 16.0. The van der Waals surface area contributed by atoms with Gasteiger partial charge in [-0.2, -0.15) is 0 Å². The highest BCUT2D eigenvalue weighted by molar-refractivity contribution is 6.00. The lowest BCUT2D eigenvalue weighted by molar-refractivity contribution is -0.890. The molecule has 6 aliphatic rings. The highest BCUT2D eigenvalue weighted by atomic mass is 19.1. The van der Waals surface area contributed by atoms with Gasteiger partial charge in [0, 0.05) is 115 Å². The normalized spacial score (nSPS) is 24.4. The van der Waals surface area contributed by atoms with Crippen LogP contribution >= 0.6 is 0 Å². The Morgan fingerprint density at radius 3 is 2.14 bits per heavy atom. The van der Waals surface area contributed by atoms with Crippen LogP contribution in [-0.2, 0) is 112 Å². The summed E-state index contributed by atoms with van der Waals surface area (Å²) in [7, 11) is 7.36. The second kappa shape index (κ2) is 42.1. The van der Waals surface area contributed by atoms with Gasteiger partial charge in [0.25, 0.3) is 0 Å². The molecule has 1 aromatic heterocycles. The zero-order chi connectivity index (χ0) is 82.5. The van der Waals surface area contributed by atoms with Crippen molar-refractivity contribution < 1.29 is 85.7 Å². The first-order valence-corrected chi connectivity index (χ1v) is 40.5. The Labute approximate surface area is 678 Å². The van der Waals surface area contributed by atoms with Gasteiger partial charge in [0.15, 0.2) is 0 Å². The van der Waals surface area contributed by atoms with E-state index >= 15 is 33.2 Å². The van der Waals surface area contributed by atoms with Gasteiger partial charge in [-0.1, -0.05) is 73.5 Å². The molecule has 12 bridgehead atoms. The molecule has 11 amide bonds. The monoisotopic (exact) mass is 1610 g/mol. The highest BCUT2D eigenvalue weighted by Gasteiger charge is 2.50. The molecule has 6 aliphatic heterocycles. The number of hydrogen-bond donors (Lipinski definition) is 9. The topological polar surface area (TPSA) is 364 Å². The van der Waals surface area contributed by atoms with E-state index in [1.54, 1.807) is 79.7 Å². The second-order valence-electron chi connectivity index (χ2n) is 32.1. The molecule has 2 saturated heterocycles. The first-order valence-electron chi connectivity index (χ1n) is 40.5. The van der Waals surface area contributed by atoms with Crippen molar-refractivity contribution in [1.82, 2.24) is 61.8 Å². The summed E-state index contributed by atoms with van der Waals surface area (Å²) in [5, 5.41) is 34.6. The van der Waals surface area contributed by atoms with Crippen LogP contribution in [-0.4, -0.2) is 240 Å². The van der Waals surface area contributed by atoms with Gasteiger partial charge < -0.3 is 93.0 Å². The Morgan fingerprint density at radius 1 is 0.672 bits per heavy atom. The molecule has 5 aromatic rings. The number of aliphatic hydroxyl groups is 1. The lowest BCUT2D eigenvalue weighted by atomic mass is 9.95. The van der Waals surface area contributed by atoms with Crippen LogP contribution in [0.1, 0.15) is 150 Å². The standard InChI is InChI=1S/C85H114FN13O16.CH3/c1-54-77(105)90-66(30-27-63(101)19-11-10-14-42-99(4,5)43-44-113-6)78(106)91-67-47-59-17-15-18-60(45-59)50-88-73(103)53-115-71-35-41-97-76(71)81(109)94-75(55(2)100)80(108)93-68(46-57-24-28-64(114-7)29-25-57)83(111)98-40-16-36-85(98,3)84(112)87-37-34-56-20-22-58(23-21-56)51-96(74(104)33-32-72(102)89-54)39-13-9-8-12-38-95-52-61(48-69(82(97)110)92-79(67)107)65-49-62(86)26-31-70(65)95;/h15,17-18,20-26,28-29,31,45,49,52,54-55,66-69,71,75-76,100H,8-14,16,19,27,30,32-44,46-48,50-51,53H2,1-7H3,(H7-,87,88,89,90,91,92,93,94,102,103,105,106,107,108,109,112);1H3/q;-1/p+1/t54-,55+,66+,67-,68-,69-,71-,75-,76-,85-;/m0./s1. The number of Topliss-reactive ketones (excluding diaryl/α,β-unsaturated/α-hetero) is 1. The molecule has 0 unspecified atom stereocenters. The number of benzene rings is 4. The Morgan fingerprint density at radius 2 is 1.40 bits per heavy atom. The van der Waals surface area contributed by atoms with Crippen molar-refractivity contribution in [3.63, 3.8) is 0 Å². The first kappa shape index (κ1) is 89.8. The molecule has 0 aliphatic carbocycles. The number of likely N-dealkylation sites (N-methyl/N-ethyl adjacent to an activating group) is 1. The van der Waals surface area contributed by atoms with E-state index in [1.807, 2.05) is 28.8 Å². The van der Waals surface area contributed by atoms with E-state index in [0.717, 1.165) is 46.4 Å². The van der Waals surface area contributed by atoms with Crippen molar-refractivity contribution in [3.8, 4) is 5.75 Å². The number of quaternary nitrogens is 1. The maximum atomic E-state index is 16.3. The van der Waals surface area contributed by atoms with Crippen molar-refractivity contribution >= 4 is 81.7 Å². The number of nitrogens with zero attached hydrogens (tertiary/aromatic N) is 5. The van der Waals surface area contributed by atoms with Gasteiger partial charge in [-0.3, -0.25) is 57.5 Å². The zero-order valence-corrected chi connectivity index (χ0v) is 68.3. The van der Waals surface area contributed by atoms with Crippen LogP contribution in [0.15, 0.2) is 97.2 Å². The van der Waals surface area contributed by atoms with Crippen LogP contribution in [0.2, 0.25) is 0 Å². The molecule has 9 N–H and O–H groups in total. The van der Waals surface area contributed by atoms with Gasteiger partial charge in [0.05, 0.1) is 46.6 Å². The number of carbonyl (C=O) groups excluding carboxylic acids is 12. The van der Waals surface area contributed by atoms with E-state index < -0.39 is 132 Å². The van der Waals surface area contributed by atoms with E-state index in [9.17, 15) is 33.9 Å². The smallest absolute Gasteiger partial charge is 0.246 e. The van der Waals surface area contributed by atoms with E-state index in [1.165, 1.54) is 38.0 Å². The first-order chi connectivity index (χ1) is 55.1. The second-order valence-corrected chi connectivity index (χ2v) is 32.1. The number of methoxy groups -OCH3 is 2. The number of ether oxygens (including phenoxy) is 3. The molecule has 0 saturated carbocycles. The molecule has 7 heterocycles. The summed E-state index contributed by atoms with van der Waals surface area (Å²) in [5.74, 6) is -8.60. The zero-order valence-electron chi connectivity index (χ0n) is 68.3. The quantitative estimate of drug-likeness (QED) is 0.0378. The Balaban J connectivity index is 0.0000154. The largest absolute Gasteiger partial charge is 0.497 e. The van der Waals surface area contributed by atoms with Crippen molar-refractivity contribution in [2.75, 3.05) is 80.8 Å². The number of hydrogen-bond acceptors (Lipinski definition) is 16. The minimum atomic E-state index is -1.85. The molecule has 630 valence electrons. The van der Waals surface area contributed by atoms with E-state index in [2.05, 4.69) is 56.6 Å². The molecule has 4 aromatic carbocycles. The molecule has 116 heavy (non-hydrogen) atoms. The third kappa shape index (κ3) is 24.5. The van der Waals surface area contributed by atoms with Crippen LogP contribution in [0.5, 0.6) is 5.75 Å². The number of aliphatic hydroxyl groups excluding tert-OH is 1. The van der Waals surface area contributed by atoms with Gasteiger partial charge in [-0.25, -0.2) is 4.39 Å². The molecular formula is C86H118FN13O16. The van der Waals surface area contributed by atoms with Gasteiger partial charge in [0.2, 0.25) is 65.0 Å². The fraction of sp³-hybridized carbons (Fsp3) is 0.547. The molecule has 0 spiro atoms. The van der Waals surface area contributed by atoms with Crippen LogP contribution in [0, 0.1) is 13.2 Å². The van der Waals surface area contributed by atoms with Crippen LogP contribution in [0.4, 0.5) is 4.39 Å². The minimum absolute atomic E-state index is 0. The Hall–Kier alpha value is -10.2. The van der Waals surface area contributed by atoms with Crippen molar-refractivity contribution in [3.05, 3.63) is 144 Å². The SMILES string of the molecule is COCC[N+](C)(C)CCCCCC(=O)CC[C@H]1NC(=O)[C@H](C)NC(=O)CCC(=O)N2CCCCCCn3cc(c4cc(F)ccc43)C[C@@H]3NC(=O)[C@H](Cc4cccc(c4)CNC(=O)CO[C@H]4CCN(C3=O)[C@@H]4C(=O)N[C@@H]([C@@H](C)O)C(=O)N[C@@H](Cc3ccc(OC)cc3)C(=O)N3CCC[C@@]3(C)C(=O)NCCc3ccc(cc3)C2)NC1=O.[CH3-]. The number of aryl methyl sites for hydroxylation is 1. The number of amides is 11. The molecule has 29 nitrogen and oxygen atoms in total. The summed E-state index contributed by atoms with van der Waals surface area (Å²) < 4.78 is 35.5. The number of nitrogens with one attached hydrogen (secondary N) is 8. The predicted molar refractivity (Wildman–Crippen MR) is 432 cm³/mol.